The van der Waals surface area contributed by atoms with Gasteiger partial charge in [0, 0.05) is 24.2 Å². The minimum Gasteiger partial charge on any atom is -0.344 e. The summed E-state index contributed by atoms with van der Waals surface area (Å²) in [5.74, 6) is -0.107. The van der Waals surface area contributed by atoms with Gasteiger partial charge < -0.3 is 4.57 Å². The molecule has 1 aliphatic rings. The van der Waals surface area contributed by atoms with E-state index in [1.165, 1.54) is 38.0 Å². The zero-order chi connectivity index (χ0) is 13.2. The molecule has 0 atom stereocenters. The SMILES string of the molecule is CCn1c(CN2CCCCC2)cc2c(F)cccc21. The van der Waals surface area contributed by atoms with Crippen LogP contribution in [0.2, 0.25) is 0 Å². The summed E-state index contributed by atoms with van der Waals surface area (Å²) in [7, 11) is 0. The van der Waals surface area contributed by atoms with E-state index in [1.54, 1.807) is 12.1 Å². The second kappa shape index (κ2) is 5.33. The molecular formula is C16H21FN2. The van der Waals surface area contributed by atoms with Crippen molar-refractivity contribution in [3.8, 4) is 0 Å². The standard InChI is InChI=1S/C16H21FN2/c1-2-19-13(12-18-9-4-3-5-10-18)11-14-15(17)7-6-8-16(14)19/h6-8,11H,2-5,9-10,12H2,1H3. The summed E-state index contributed by atoms with van der Waals surface area (Å²) in [4.78, 5) is 2.49. The van der Waals surface area contributed by atoms with Crippen LogP contribution in [0.5, 0.6) is 0 Å². The minimum atomic E-state index is -0.107. The van der Waals surface area contributed by atoms with E-state index in [0.29, 0.717) is 0 Å². The summed E-state index contributed by atoms with van der Waals surface area (Å²) < 4.78 is 16.1. The van der Waals surface area contributed by atoms with Crippen LogP contribution in [0.3, 0.4) is 0 Å². The summed E-state index contributed by atoms with van der Waals surface area (Å²) >= 11 is 0. The van der Waals surface area contributed by atoms with Crippen molar-refractivity contribution >= 4 is 10.9 Å². The molecule has 0 N–H and O–H groups in total. The van der Waals surface area contributed by atoms with Gasteiger partial charge in [0.1, 0.15) is 5.82 Å². The van der Waals surface area contributed by atoms with Crippen LogP contribution < -0.4 is 0 Å². The molecule has 0 spiro atoms. The van der Waals surface area contributed by atoms with Crippen LogP contribution >= 0.6 is 0 Å². The molecule has 0 radical (unpaired) electrons. The van der Waals surface area contributed by atoms with Crippen LogP contribution in [-0.4, -0.2) is 22.6 Å². The van der Waals surface area contributed by atoms with Gasteiger partial charge in [-0.2, -0.15) is 0 Å². The van der Waals surface area contributed by atoms with Crippen molar-refractivity contribution in [2.24, 2.45) is 0 Å². The molecule has 1 aromatic carbocycles. The molecule has 3 rings (SSSR count). The Bertz CT molecular complexity index is 567. The molecule has 0 amide bonds. The molecule has 1 aromatic heterocycles. The average molecular weight is 260 g/mol. The lowest BCUT2D eigenvalue weighted by Gasteiger charge is -2.26. The fourth-order valence-electron chi connectivity index (χ4n) is 3.15. The van der Waals surface area contributed by atoms with Crippen LogP contribution in [0.15, 0.2) is 24.3 Å². The number of aromatic nitrogens is 1. The van der Waals surface area contributed by atoms with Crippen molar-refractivity contribution in [2.45, 2.75) is 39.3 Å². The molecular weight excluding hydrogens is 239 g/mol. The molecule has 0 bridgehead atoms. The number of nitrogens with zero attached hydrogens (tertiary/aromatic N) is 2. The Kier molecular flexibility index (Phi) is 3.56. The number of piperidine rings is 1. The maximum atomic E-state index is 13.9. The first-order chi connectivity index (χ1) is 9.29. The molecule has 1 saturated heterocycles. The second-order valence-corrected chi connectivity index (χ2v) is 5.39. The van der Waals surface area contributed by atoms with Crippen molar-refractivity contribution in [2.75, 3.05) is 13.1 Å². The van der Waals surface area contributed by atoms with E-state index in [9.17, 15) is 4.39 Å². The van der Waals surface area contributed by atoms with E-state index in [-0.39, 0.29) is 5.82 Å². The van der Waals surface area contributed by atoms with Crippen LogP contribution in [0.1, 0.15) is 31.9 Å². The van der Waals surface area contributed by atoms with Gasteiger partial charge in [-0.1, -0.05) is 12.5 Å². The quantitative estimate of drug-likeness (QED) is 0.815. The average Bonchev–Trinajstić information content (AvgIpc) is 2.79. The fraction of sp³-hybridized carbons (Fsp3) is 0.500. The Hall–Kier alpha value is -1.35. The van der Waals surface area contributed by atoms with Crippen molar-refractivity contribution in [3.63, 3.8) is 0 Å². The first kappa shape index (κ1) is 12.7. The third-order valence-corrected chi connectivity index (χ3v) is 4.13. The second-order valence-electron chi connectivity index (χ2n) is 5.39. The lowest BCUT2D eigenvalue weighted by molar-refractivity contribution is 0.216. The predicted molar refractivity (Wildman–Crippen MR) is 76.7 cm³/mol. The summed E-state index contributed by atoms with van der Waals surface area (Å²) in [5, 5.41) is 0.761. The third-order valence-electron chi connectivity index (χ3n) is 4.13. The van der Waals surface area contributed by atoms with Crippen LogP contribution in [0.25, 0.3) is 10.9 Å². The number of fused-ring (bicyclic) bond motifs is 1. The highest BCUT2D eigenvalue weighted by Gasteiger charge is 2.15. The monoisotopic (exact) mass is 260 g/mol. The maximum absolute atomic E-state index is 13.9. The van der Waals surface area contributed by atoms with Gasteiger partial charge in [0.2, 0.25) is 0 Å². The molecule has 0 aliphatic carbocycles. The highest BCUT2D eigenvalue weighted by Crippen LogP contribution is 2.24. The number of likely N-dealkylation sites (tertiary alicyclic amines) is 1. The number of aryl methyl sites for hydroxylation is 1. The molecule has 2 nitrogen and oxygen atoms in total. The van der Waals surface area contributed by atoms with E-state index < -0.39 is 0 Å². The topological polar surface area (TPSA) is 8.17 Å². The van der Waals surface area contributed by atoms with Crippen molar-refractivity contribution in [3.05, 3.63) is 35.8 Å². The van der Waals surface area contributed by atoms with Crippen molar-refractivity contribution < 1.29 is 4.39 Å². The van der Waals surface area contributed by atoms with Gasteiger partial charge in [0.25, 0.3) is 0 Å². The highest BCUT2D eigenvalue weighted by molar-refractivity contribution is 5.82. The maximum Gasteiger partial charge on any atom is 0.132 e. The third kappa shape index (κ3) is 2.39. The van der Waals surface area contributed by atoms with E-state index in [1.807, 2.05) is 12.1 Å². The summed E-state index contributed by atoms with van der Waals surface area (Å²) in [5.41, 5.74) is 2.26. The molecule has 1 aliphatic heterocycles. The summed E-state index contributed by atoms with van der Waals surface area (Å²) in [6.45, 7) is 6.32. The van der Waals surface area contributed by atoms with Gasteiger partial charge in [-0.05, 0) is 51.1 Å². The lowest BCUT2D eigenvalue weighted by atomic mass is 10.1. The largest absolute Gasteiger partial charge is 0.344 e. The fourth-order valence-corrected chi connectivity index (χ4v) is 3.15. The Morgan fingerprint density at radius 3 is 2.68 bits per heavy atom. The molecule has 0 saturated carbocycles. The zero-order valence-corrected chi connectivity index (χ0v) is 11.5. The zero-order valence-electron chi connectivity index (χ0n) is 11.5. The Balaban J connectivity index is 1.95. The molecule has 102 valence electrons. The number of halogens is 1. The molecule has 3 heteroatoms. The lowest BCUT2D eigenvalue weighted by Crippen LogP contribution is -2.29. The van der Waals surface area contributed by atoms with E-state index >= 15 is 0 Å². The molecule has 19 heavy (non-hydrogen) atoms. The molecule has 0 unspecified atom stereocenters. The molecule has 2 aromatic rings. The minimum absolute atomic E-state index is 0.107. The first-order valence-corrected chi connectivity index (χ1v) is 7.28. The van der Waals surface area contributed by atoms with Gasteiger partial charge in [-0.15, -0.1) is 0 Å². The van der Waals surface area contributed by atoms with Crippen LogP contribution in [0.4, 0.5) is 4.39 Å². The summed E-state index contributed by atoms with van der Waals surface area (Å²) in [6, 6.07) is 7.39. The van der Waals surface area contributed by atoms with E-state index in [4.69, 9.17) is 0 Å². The number of hydrogen-bond acceptors (Lipinski definition) is 1. The van der Waals surface area contributed by atoms with E-state index in [2.05, 4.69) is 16.4 Å². The van der Waals surface area contributed by atoms with Crippen molar-refractivity contribution in [1.82, 2.24) is 9.47 Å². The number of rotatable bonds is 3. The molecule has 2 heterocycles. The summed E-state index contributed by atoms with van der Waals surface area (Å²) in [6.07, 6.45) is 3.93. The Labute approximate surface area is 113 Å². The number of benzene rings is 1. The van der Waals surface area contributed by atoms with Gasteiger partial charge in [-0.3, -0.25) is 4.90 Å². The highest BCUT2D eigenvalue weighted by atomic mass is 19.1. The molecule has 1 fully saturated rings. The van der Waals surface area contributed by atoms with Gasteiger partial charge in [-0.25, -0.2) is 4.39 Å². The number of hydrogen-bond donors (Lipinski definition) is 0. The van der Waals surface area contributed by atoms with E-state index in [0.717, 1.165) is 24.0 Å². The van der Waals surface area contributed by atoms with Crippen LogP contribution in [0, 0.1) is 5.82 Å². The predicted octanol–water partition coefficient (Wildman–Crippen LogP) is 3.79. The first-order valence-electron chi connectivity index (χ1n) is 7.28. The normalized spacial score (nSPS) is 17.2. The van der Waals surface area contributed by atoms with Gasteiger partial charge in [0.15, 0.2) is 0 Å². The Morgan fingerprint density at radius 1 is 1.16 bits per heavy atom. The Morgan fingerprint density at radius 2 is 1.95 bits per heavy atom. The van der Waals surface area contributed by atoms with Crippen LogP contribution in [-0.2, 0) is 13.1 Å². The smallest absolute Gasteiger partial charge is 0.132 e. The van der Waals surface area contributed by atoms with Gasteiger partial charge in [0.05, 0.1) is 5.52 Å². The van der Waals surface area contributed by atoms with Gasteiger partial charge >= 0.3 is 0 Å². The van der Waals surface area contributed by atoms with Crippen molar-refractivity contribution in [1.29, 1.82) is 0 Å².